The lowest BCUT2D eigenvalue weighted by molar-refractivity contribution is -0.137. The van der Waals surface area contributed by atoms with Crippen LogP contribution in [0.3, 0.4) is 0 Å². The normalized spacial score (nSPS) is 18.0. The van der Waals surface area contributed by atoms with Crippen molar-refractivity contribution in [1.82, 2.24) is 4.90 Å². The van der Waals surface area contributed by atoms with E-state index in [4.69, 9.17) is 4.74 Å². The summed E-state index contributed by atoms with van der Waals surface area (Å²) in [6.45, 7) is 5.09. The predicted molar refractivity (Wildman–Crippen MR) is 118 cm³/mol. The smallest absolute Gasteiger partial charge is 0.378 e. The molecule has 8 heteroatoms. The van der Waals surface area contributed by atoms with Gasteiger partial charge in [0.15, 0.2) is 0 Å². The summed E-state index contributed by atoms with van der Waals surface area (Å²) >= 11 is 0. The zero-order valence-electron chi connectivity index (χ0n) is 18.1. The van der Waals surface area contributed by atoms with Gasteiger partial charge in [-0.15, -0.1) is 0 Å². The van der Waals surface area contributed by atoms with Gasteiger partial charge in [0, 0.05) is 36.5 Å². The van der Waals surface area contributed by atoms with Crippen LogP contribution in [0.25, 0.3) is 0 Å². The van der Waals surface area contributed by atoms with E-state index in [2.05, 4.69) is 10.2 Å². The van der Waals surface area contributed by atoms with E-state index in [0.29, 0.717) is 24.5 Å². The lowest BCUT2D eigenvalue weighted by atomic mass is 10.0. The van der Waals surface area contributed by atoms with E-state index in [1.165, 1.54) is 12.1 Å². The maximum Gasteiger partial charge on any atom is 0.416 e. The molecule has 4 rings (SSSR count). The van der Waals surface area contributed by atoms with Crippen LogP contribution >= 0.6 is 0 Å². The van der Waals surface area contributed by atoms with Gasteiger partial charge in [-0.05, 0) is 61.7 Å². The zero-order chi connectivity index (χ0) is 22.7. The Bertz CT molecular complexity index is 923. The van der Waals surface area contributed by atoms with Gasteiger partial charge in [-0.3, -0.25) is 9.69 Å². The van der Waals surface area contributed by atoms with Crippen LogP contribution in [0.15, 0.2) is 48.5 Å². The fourth-order valence-electron chi connectivity index (χ4n) is 4.10. The summed E-state index contributed by atoms with van der Waals surface area (Å²) < 4.78 is 44.7. The number of hydrogen-bond donors (Lipinski definition) is 1. The average molecular weight is 448 g/mol. The highest BCUT2D eigenvalue weighted by atomic mass is 19.4. The fraction of sp³-hybridized carbons (Fsp3) is 0.458. The lowest BCUT2D eigenvalue weighted by Gasteiger charge is -2.30. The summed E-state index contributed by atoms with van der Waals surface area (Å²) in [5.41, 5.74) is 1.69. The van der Waals surface area contributed by atoms with Crippen LogP contribution in [0.4, 0.5) is 24.5 Å². The van der Waals surface area contributed by atoms with Crippen molar-refractivity contribution in [2.24, 2.45) is 0 Å². The van der Waals surface area contributed by atoms with Crippen molar-refractivity contribution in [2.45, 2.75) is 38.0 Å². The molecule has 1 saturated carbocycles. The van der Waals surface area contributed by atoms with Gasteiger partial charge in [0.2, 0.25) is 5.91 Å². The fourth-order valence-corrected chi connectivity index (χ4v) is 4.10. The highest BCUT2D eigenvalue weighted by molar-refractivity contribution is 5.92. The molecule has 0 spiro atoms. The molecule has 1 N–H and O–H groups in total. The topological polar surface area (TPSA) is 44.8 Å². The van der Waals surface area contributed by atoms with Gasteiger partial charge >= 0.3 is 6.18 Å². The molecular formula is C24H28F3N3O2. The zero-order valence-corrected chi connectivity index (χ0v) is 18.1. The summed E-state index contributed by atoms with van der Waals surface area (Å²) in [7, 11) is 0. The standard InChI is InChI=1S/C24H28F3N3O2/c1-17(18-3-2-4-19(15-18)24(25,26)27)30(22-9-10-22)16-23(31)28-20-5-7-21(8-6-20)29-11-13-32-14-12-29/h2-8,15,17,22H,9-14,16H2,1H3,(H,28,31). The minimum atomic E-state index is -4.38. The number of anilines is 2. The van der Waals surface area contributed by atoms with E-state index in [1.54, 1.807) is 6.07 Å². The minimum Gasteiger partial charge on any atom is -0.378 e. The molecule has 1 aliphatic heterocycles. The third-order valence-corrected chi connectivity index (χ3v) is 6.06. The van der Waals surface area contributed by atoms with Gasteiger partial charge in [-0.2, -0.15) is 13.2 Å². The number of halogens is 3. The summed E-state index contributed by atoms with van der Waals surface area (Å²) in [5, 5.41) is 2.92. The van der Waals surface area contributed by atoms with E-state index in [1.807, 2.05) is 36.1 Å². The molecule has 0 bridgehead atoms. The summed E-state index contributed by atoms with van der Waals surface area (Å²) in [6.07, 6.45) is -2.49. The predicted octanol–water partition coefficient (Wildman–Crippen LogP) is 4.71. The summed E-state index contributed by atoms with van der Waals surface area (Å²) in [6, 6.07) is 13.0. The van der Waals surface area contributed by atoms with Crippen molar-refractivity contribution < 1.29 is 22.7 Å². The van der Waals surface area contributed by atoms with Crippen LogP contribution in [-0.2, 0) is 15.7 Å². The van der Waals surface area contributed by atoms with E-state index < -0.39 is 11.7 Å². The van der Waals surface area contributed by atoms with E-state index in [-0.39, 0.29) is 24.5 Å². The van der Waals surface area contributed by atoms with Crippen molar-refractivity contribution in [2.75, 3.05) is 43.1 Å². The summed E-state index contributed by atoms with van der Waals surface area (Å²) in [5.74, 6) is -0.171. The third-order valence-electron chi connectivity index (χ3n) is 6.06. The second-order valence-electron chi connectivity index (χ2n) is 8.40. The number of nitrogens with zero attached hydrogens (tertiary/aromatic N) is 2. The Hall–Kier alpha value is -2.58. The molecule has 1 unspecified atom stereocenters. The van der Waals surface area contributed by atoms with Crippen molar-refractivity contribution in [1.29, 1.82) is 0 Å². The molecule has 1 amide bonds. The number of ether oxygens (including phenoxy) is 1. The monoisotopic (exact) mass is 447 g/mol. The lowest BCUT2D eigenvalue weighted by Crippen LogP contribution is -2.37. The molecule has 0 radical (unpaired) electrons. The van der Waals surface area contributed by atoms with E-state index >= 15 is 0 Å². The van der Waals surface area contributed by atoms with Crippen LogP contribution in [0.1, 0.15) is 36.9 Å². The minimum absolute atomic E-state index is 0.132. The Morgan fingerprint density at radius 2 is 1.84 bits per heavy atom. The van der Waals surface area contributed by atoms with Crippen LogP contribution in [0, 0.1) is 0 Å². The molecule has 2 aliphatic rings. The highest BCUT2D eigenvalue weighted by Crippen LogP contribution is 2.36. The quantitative estimate of drug-likeness (QED) is 0.668. The molecule has 2 fully saturated rings. The second-order valence-corrected chi connectivity index (χ2v) is 8.40. The molecular weight excluding hydrogens is 419 g/mol. The number of benzene rings is 2. The number of alkyl halides is 3. The molecule has 1 heterocycles. The van der Waals surface area contributed by atoms with E-state index in [0.717, 1.165) is 37.7 Å². The Morgan fingerprint density at radius 3 is 2.47 bits per heavy atom. The molecule has 1 saturated heterocycles. The van der Waals surface area contributed by atoms with Crippen LogP contribution < -0.4 is 10.2 Å². The van der Waals surface area contributed by atoms with Gasteiger partial charge in [-0.25, -0.2) is 0 Å². The van der Waals surface area contributed by atoms with Crippen molar-refractivity contribution in [3.05, 3.63) is 59.7 Å². The number of amides is 1. The Kier molecular flexibility index (Phi) is 6.71. The van der Waals surface area contributed by atoms with Crippen LogP contribution in [0.2, 0.25) is 0 Å². The first kappa shape index (κ1) is 22.6. The first-order valence-corrected chi connectivity index (χ1v) is 11.0. The first-order chi connectivity index (χ1) is 15.3. The highest BCUT2D eigenvalue weighted by Gasteiger charge is 2.35. The van der Waals surface area contributed by atoms with Gasteiger partial charge in [0.05, 0.1) is 25.3 Å². The van der Waals surface area contributed by atoms with Gasteiger partial charge in [-0.1, -0.05) is 12.1 Å². The number of hydrogen-bond acceptors (Lipinski definition) is 4. The Morgan fingerprint density at radius 1 is 1.16 bits per heavy atom. The first-order valence-electron chi connectivity index (χ1n) is 11.0. The number of nitrogens with one attached hydrogen (secondary N) is 1. The number of morpholine rings is 1. The summed E-state index contributed by atoms with van der Waals surface area (Å²) in [4.78, 5) is 17.0. The van der Waals surface area contributed by atoms with Crippen molar-refractivity contribution in [3.63, 3.8) is 0 Å². The third kappa shape index (κ3) is 5.61. The Balaban J connectivity index is 1.39. The molecule has 1 atom stereocenters. The molecule has 1 aliphatic carbocycles. The average Bonchev–Trinajstić information content (AvgIpc) is 3.63. The van der Waals surface area contributed by atoms with Crippen LogP contribution in [0.5, 0.6) is 0 Å². The van der Waals surface area contributed by atoms with Crippen molar-refractivity contribution in [3.8, 4) is 0 Å². The molecule has 172 valence electrons. The number of carbonyl (C=O) groups excluding carboxylic acids is 1. The van der Waals surface area contributed by atoms with Gasteiger partial charge in [0.25, 0.3) is 0 Å². The van der Waals surface area contributed by atoms with Gasteiger partial charge in [0.1, 0.15) is 0 Å². The Labute approximate surface area is 186 Å². The molecule has 2 aromatic rings. The maximum atomic E-state index is 13.1. The number of carbonyl (C=O) groups is 1. The van der Waals surface area contributed by atoms with Crippen LogP contribution in [-0.4, -0.2) is 49.7 Å². The van der Waals surface area contributed by atoms with E-state index in [9.17, 15) is 18.0 Å². The largest absolute Gasteiger partial charge is 0.416 e. The van der Waals surface area contributed by atoms with Crippen molar-refractivity contribution >= 4 is 17.3 Å². The maximum absolute atomic E-state index is 13.1. The SMILES string of the molecule is CC(c1cccc(C(F)(F)F)c1)N(CC(=O)Nc1ccc(N2CCOCC2)cc1)C1CC1. The second kappa shape index (κ2) is 9.50. The van der Waals surface area contributed by atoms with Gasteiger partial charge < -0.3 is 15.0 Å². The molecule has 5 nitrogen and oxygen atoms in total. The molecule has 32 heavy (non-hydrogen) atoms. The molecule has 2 aromatic carbocycles. The number of rotatable bonds is 7. The molecule has 0 aromatic heterocycles.